The number of ether oxygens (including phenoxy) is 1. The Morgan fingerprint density at radius 1 is 1.24 bits per heavy atom. The van der Waals surface area contributed by atoms with Crippen LogP contribution in [0.25, 0.3) is 0 Å². The summed E-state index contributed by atoms with van der Waals surface area (Å²) in [4.78, 5) is 0. The summed E-state index contributed by atoms with van der Waals surface area (Å²) in [5.41, 5.74) is -0.0557. The third-order valence-electron chi connectivity index (χ3n) is 4.14. The van der Waals surface area contributed by atoms with Crippen LogP contribution in [0.1, 0.15) is 37.3 Å². The van der Waals surface area contributed by atoms with Gasteiger partial charge in [0.2, 0.25) is 0 Å². The number of rotatable bonds is 5. The molecule has 1 aliphatic heterocycles. The van der Waals surface area contributed by atoms with Crippen molar-refractivity contribution in [1.82, 2.24) is 5.32 Å². The zero-order valence-electron chi connectivity index (χ0n) is 12.3. The highest BCUT2D eigenvalue weighted by atomic mass is 19.4. The Kier molecular flexibility index (Phi) is 5.27. The number of nitrogens with one attached hydrogen (secondary N) is 1. The molecule has 2 nitrogen and oxygen atoms in total. The molecule has 1 heterocycles. The first kappa shape index (κ1) is 16.3. The Balaban J connectivity index is 2.27. The highest BCUT2D eigenvalue weighted by Crippen LogP contribution is 2.37. The summed E-state index contributed by atoms with van der Waals surface area (Å²) in [6.45, 7) is 4.86. The molecule has 2 rings (SSSR count). The molecular formula is C16H22F3NO. The minimum absolute atomic E-state index is 0.255. The van der Waals surface area contributed by atoms with Crippen LogP contribution in [0.4, 0.5) is 13.2 Å². The quantitative estimate of drug-likeness (QED) is 0.836. The molecule has 0 spiro atoms. The first-order valence-corrected chi connectivity index (χ1v) is 7.44. The van der Waals surface area contributed by atoms with E-state index in [0.717, 1.165) is 37.4 Å². The molecule has 21 heavy (non-hydrogen) atoms. The average Bonchev–Trinajstić information content (AvgIpc) is 2.48. The van der Waals surface area contributed by atoms with Crippen molar-refractivity contribution in [1.29, 1.82) is 0 Å². The van der Waals surface area contributed by atoms with Gasteiger partial charge in [-0.3, -0.25) is 0 Å². The molecule has 118 valence electrons. The van der Waals surface area contributed by atoms with Gasteiger partial charge in [0, 0.05) is 25.2 Å². The van der Waals surface area contributed by atoms with E-state index >= 15 is 0 Å². The monoisotopic (exact) mass is 301 g/mol. The summed E-state index contributed by atoms with van der Waals surface area (Å²) >= 11 is 0. The second-order valence-electron chi connectivity index (χ2n) is 5.65. The molecule has 0 atom stereocenters. The predicted molar refractivity (Wildman–Crippen MR) is 76.3 cm³/mol. The van der Waals surface area contributed by atoms with Crippen LogP contribution in [0.15, 0.2) is 24.3 Å². The lowest BCUT2D eigenvalue weighted by molar-refractivity contribution is -0.137. The van der Waals surface area contributed by atoms with Gasteiger partial charge < -0.3 is 10.1 Å². The highest BCUT2D eigenvalue weighted by Gasteiger charge is 2.37. The minimum Gasteiger partial charge on any atom is -0.381 e. The van der Waals surface area contributed by atoms with Crippen LogP contribution >= 0.6 is 0 Å². The molecule has 0 unspecified atom stereocenters. The summed E-state index contributed by atoms with van der Waals surface area (Å²) < 4.78 is 44.2. The van der Waals surface area contributed by atoms with Crippen LogP contribution in [-0.2, 0) is 16.3 Å². The maximum Gasteiger partial charge on any atom is 0.416 e. The van der Waals surface area contributed by atoms with Gasteiger partial charge in [0.25, 0.3) is 0 Å². The Labute approximate surface area is 123 Å². The molecule has 0 radical (unpaired) electrons. The van der Waals surface area contributed by atoms with Crippen molar-refractivity contribution < 1.29 is 17.9 Å². The lowest BCUT2D eigenvalue weighted by atomic mass is 9.73. The van der Waals surface area contributed by atoms with Gasteiger partial charge in [0.05, 0.1) is 5.56 Å². The minimum atomic E-state index is -4.29. The Morgan fingerprint density at radius 2 is 1.95 bits per heavy atom. The fourth-order valence-electron chi connectivity index (χ4n) is 2.86. The molecule has 0 bridgehead atoms. The van der Waals surface area contributed by atoms with Crippen molar-refractivity contribution in [2.45, 2.75) is 37.8 Å². The smallest absolute Gasteiger partial charge is 0.381 e. The van der Waals surface area contributed by atoms with Gasteiger partial charge >= 0.3 is 6.18 Å². The normalized spacial score (nSPS) is 18.7. The topological polar surface area (TPSA) is 21.3 Å². The highest BCUT2D eigenvalue weighted by molar-refractivity contribution is 5.32. The molecule has 1 saturated heterocycles. The van der Waals surface area contributed by atoms with Gasteiger partial charge in [-0.25, -0.2) is 0 Å². The van der Waals surface area contributed by atoms with E-state index in [9.17, 15) is 13.2 Å². The fourth-order valence-corrected chi connectivity index (χ4v) is 2.86. The van der Waals surface area contributed by atoms with E-state index in [1.807, 2.05) is 6.07 Å². The Morgan fingerprint density at radius 3 is 2.57 bits per heavy atom. The molecular weight excluding hydrogens is 279 g/mol. The Bertz CT molecular complexity index is 453. The van der Waals surface area contributed by atoms with Gasteiger partial charge in [-0.15, -0.1) is 0 Å². The van der Waals surface area contributed by atoms with Gasteiger partial charge in [-0.1, -0.05) is 25.1 Å². The number of halogens is 3. The first-order chi connectivity index (χ1) is 9.98. The molecule has 1 fully saturated rings. The van der Waals surface area contributed by atoms with Gasteiger partial charge in [0.15, 0.2) is 0 Å². The van der Waals surface area contributed by atoms with E-state index in [4.69, 9.17) is 4.74 Å². The van der Waals surface area contributed by atoms with E-state index in [1.54, 1.807) is 0 Å². The summed E-state index contributed by atoms with van der Waals surface area (Å²) in [6, 6.07) is 5.76. The van der Waals surface area contributed by atoms with E-state index in [2.05, 4.69) is 12.2 Å². The van der Waals surface area contributed by atoms with Crippen LogP contribution in [0.2, 0.25) is 0 Å². The number of benzene rings is 1. The van der Waals surface area contributed by atoms with Crippen molar-refractivity contribution in [2.24, 2.45) is 0 Å². The molecule has 0 saturated carbocycles. The molecule has 1 aromatic carbocycles. The second kappa shape index (κ2) is 6.79. The third-order valence-corrected chi connectivity index (χ3v) is 4.14. The van der Waals surface area contributed by atoms with Crippen molar-refractivity contribution in [3.05, 3.63) is 35.4 Å². The summed E-state index contributed by atoms with van der Waals surface area (Å²) in [5, 5.41) is 3.37. The lowest BCUT2D eigenvalue weighted by Gasteiger charge is -2.38. The molecule has 1 aliphatic rings. The van der Waals surface area contributed by atoms with Crippen LogP contribution in [0.5, 0.6) is 0 Å². The van der Waals surface area contributed by atoms with Crippen molar-refractivity contribution in [3.8, 4) is 0 Å². The molecule has 0 aromatic heterocycles. The van der Waals surface area contributed by atoms with Crippen molar-refractivity contribution in [2.75, 3.05) is 26.3 Å². The summed E-state index contributed by atoms with van der Waals surface area (Å²) in [7, 11) is 0. The van der Waals surface area contributed by atoms with Crippen molar-refractivity contribution >= 4 is 0 Å². The third kappa shape index (κ3) is 3.98. The van der Waals surface area contributed by atoms with Gasteiger partial charge in [-0.2, -0.15) is 13.2 Å². The van der Waals surface area contributed by atoms with Gasteiger partial charge in [-0.05, 0) is 37.4 Å². The van der Waals surface area contributed by atoms with Crippen LogP contribution < -0.4 is 5.32 Å². The van der Waals surface area contributed by atoms with Crippen LogP contribution in [0.3, 0.4) is 0 Å². The number of hydrogen-bond acceptors (Lipinski definition) is 2. The zero-order chi connectivity index (χ0) is 15.3. The lowest BCUT2D eigenvalue weighted by Crippen LogP contribution is -2.43. The molecule has 1 N–H and O–H groups in total. The number of alkyl halides is 3. The standard InChI is InChI=1S/C16H22F3NO/c1-2-8-20-12-15(6-9-21-10-7-15)13-4-3-5-14(11-13)16(17,18)19/h3-5,11,20H,2,6-10,12H2,1H3. The zero-order valence-corrected chi connectivity index (χ0v) is 12.3. The largest absolute Gasteiger partial charge is 0.416 e. The fraction of sp³-hybridized carbons (Fsp3) is 0.625. The van der Waals surface area contributed by atoms with Crippen molar-refractivity contribution in [3.63, 3.8) is 0 Å². The first-order valence-electron chi connectivity index (χ1n) is 7.44. The predicted octanol–water partition coefficient (Wildman–Crippen LogP) is 3.75. The maximum atomic E-state index is 12.9. The number of hydrogen-bond donors (Lipinski definition) is 1. The van der Waals surface area contributed by atoms with E-state index in [1.165, 1.54) is 12.1 Å². The summed E-state index contributed by atoms with van der Waals surface area (Å²) in [6.07, 6.45) is -1.77. The van der Waals surface area contributed by atoms with Crippen LogP contribution in [-0.4, -0.2) is 26.3 Å². The molecule has 0 amide bonds. The van der Waals surface area contributed by atoms with E-state index in [-0.39, 0.29) is 5.41 Å². The maximum absolute atomic E-state index is 12.9. The summed E-state index contributed by atoms with van der Waals surface area (Å²) in [5.74, 6) is 0. The molecule has 1 aromatic rings. The molecule has 5 heteroatoms. The Hall–Kier alpha value is -1.07. The SMILES string of the molecule is CCCNCC1(c2cccc(C(F)(F)F)c2)CCOCC1. The van der Waals surface area contributed by atoms with E-state index in [0.29, 0.717) is 19.8 Å². The average molecular weight is 301 g/mol. The van der Waals surface area contributed by atoms with Crippen LogP contribution in [0, 0.1) is 0 Å². The van der Waals surface area contributed by atoms with E-state index < -0.39 is 11.7 Å². The van der Waals surface area contributed by atoms with Gasteiger partial charge in [0.1, 0.15) is 0 Å². The second-order valence-corrected chi connectivity index (χ2v) is 5.65. The molecule has 0 aliphatic carbocycles.